The molecule has 0 radical (unpaired) electrons. The lowest BCUT2D eigenvalue weighted by atomic mass is 9.70. The molecule has 1 aromatic heterocycles. The van der Waals surface area contributed by atoms with E-state index in [0.29, 0.717) is 41.4 Å². The molecule has 1 aromatic carbocycles. The average molecular weight is 387 g/mol. The van der Waals surface area contributed by atoms with Gasteiger partial charge in [0.2, 0.25) is 5.88 Å². The second-order valence-electron chi connectivity index (χ2n) is 7.63. The Labute approximate surface area is 161 Å². The molecule has 1 aliphatic heterocycles. The van der Waals surface area contributed by atoms with Gasteiger partial charge in [0.05, 0.1) is 12.7 Å². The Kier molecular flexibility index (Phi) is 4.11. The lowest BCUT2D eigenvalue weighted by Crippen LogP contribution is -2.33. The number of hydrogen-bond acceptors (Lipinski definition) is 6. The molecule has 27 heavy (non-hydrogen) atoms. The Balaban J connectivity index is 1.96. The van der Waals surface area contributed by atoms with Gasteiger partial charge in [0.1, 0.15) is 17.2 Å². The van der Waals surface area contributed by atoms with Gasteiger partial charge in [-0.25, -0.2) is 9.97 Å². The van der Waals surface area contributed by atoms with Gasteiger partial charge in [0.25, 0.3) is 0 Å². The number of aromatic hydroxyl groups is 1. The Morgan fingerprint density at radius 2 is 2.07 bits per heavy atom. The smallest absolute Gasteiger partial charge is 0.227 e. The van der Waals surface area contributed by atoms with Crippen LogP contribution in [0, 0.1) is 5.41 Å². The summed E-state index contributed by atoms with van der Waals surface area (Å²) in [5.41, 5.74) is 1.69. The molecule has 6 nitrogen and oxygen atoms in total. The molecule has 0 fully saturated rings. The highest BCUT2D eigenvalue weighted by atomic mass is 35.5. The van der Waals surface area contributed by atoms with Crippen LogP contribution in [0.25, 0.3) is 0 Å². The van der Waals surface area contributed by atoms with Gasteiger partial charge in [0, 0.05) is 24.3 Å². The standard InChI is InChI=1S/C20H19ClN2O4/c1-20(2)7-12(25)16-14(8-20)27-19-17(18(21)22-9-23-19)15(16)10-4-5-11(24)13(6-10)26-3/h4-6,9,15,24H,7-8H2,1-3H3. The van der Waals surface area contributed by atoms with Crippen molar-refractivity contribution >= 4 is 17.4 Å². The summed E-state index contributed by atoms with van der Waals surface area (Å²) >= 11 is 6.38. The summed E-state index contributed by atoms with van der Waals surface area (Å²) in [4.78, 5) is 21.4. The zero-order chi connectivity index (χ0) is 19.3. The predicted octanol–water partition coefficient (Wildman–Crippen LogP) is 4.01. The Bertz CT molecular complexity index is 984. The minimum Gasteiger partial charge on any atom is -0.504 e. The van der Waals surface area contributed by atoms with Crippen LogP contribution in [0.4, 0.5) is 0 Å². The maximum atomic E-state index is 13.1. The SMILES string of the molecule is COc1cc(C2C3=C(CC(C)(C)CC3=O)Oc3ncnc(Cl)c32)ccc1O. The number of aromatic nitrogens is 2. The van der Waals surface area contributed by atoms with Gasteiger partial charge < -0.3 is 14.6 Å². The first-order valence-electron chi connectivity index (χ1n) is 8.62. The Hall–Kier alpha value is -2.60. The van der Waals surface area contributed by atoms with Crippen molar-refractivity contribution in [3.05, 3.63) is 52.1 Å². The second-order valence-corrected chi connectivity index (χ2v) is 7.99. The predicted molar refractivity (Wildman–Crippen MR) is 99.2 cm³/mol. The Morgan fingerprint density at radius 3 is 2.81 bits per heavy atom. The number of hydrogen-bond donors (Lipinski definition) is 1. The first kappa shape index (κ1) is 17.8. The summed E-state index contributed by atoms with van der Waals surface area (Å²) in [6.07, 6.45) is 2.39. The normalized spacial score (nSPS) is 20.6. The molecular weight excluding hydrogens is 368 g/mol. The summed E-state index contributed by atoms with van der Waals surface area (Å²) in [6.45, 7) is 4.08. The van der Waals surface area contributed by atoms with E-state index in [-0.39, 0.29) is 22.1 Å². The molecule has 7 heteroatoms. The molecule has 0 amide bonds. The number of ketones is 1. The van der Waals surface area contributed by atoms with Crippen molar-refractivity contribution in [3.63, 3.8) is 0 Å². The summed E-state index contributed by atoms with van der Waals surface area (Å²) < 4.78 is 11.2. The number of benzene rings is 1. The highest BCUT2D eigenvalue weighted by Crippen LogP contribution is 2.51. The van der Waals surface area contributed by atoms with Crippen LogP contribution in [0.1, 0.15) is 43.7 Å². The van der Waals surface area contributed by atoms with Gasteiger partial charge in [0.15, 0.2) is 17.3 Å². The molecule has 1 atom stereocenters. The van der Waals surface area contributed by atoms with E-state index in [1.165, 1.54) is 13.4 Å². The molecule has 0 saturated carbocycles. The minimum absolute atomic E-state index is 0.0175. The third-order valence-electron chi connectivity index (χ3n) is 5.01. The molecule has 1 N–H and O–H groups in total. The van der Waals surface area contributed by atoms with Crippen molar-refractivity contribution < 1.29 is 19.4 Å². The zero-order valence-electron chi connectivity index (χ0n) is 15.2. The third-order valence-corrected chi connectivity index (χ3v) is 5.31. The molecular formula is C20H19ClN2O4. The number of fused-ring (bicyclic) bond motifs is 1. The number of methoxy groups -OCH3 is 1. The van der Waals surface area contributed by atoms with Crippen molar-refractivity contribution in [1.29, 1.82) is 0 Å². The maximum absolute atomic E-state index is 13.1. The van der Waals surface area contributed by atoms with Gasteiger partial charge in [-0.1, -0.05) is 31.5 Å². The number of Topliss-reactive ketones (excluding diaryl/α,β-unsaturated/α-hetero) is 1. The largest absolute Gasteiger partial charge is 0.504 e. The lowest BCUT2D eigenvalue weighted by molar-refractivity contribution is -0.118. The van der Waals surface area contributed by atoms with E-state index >= 15 is 0 Å². The number of allylic oxidation sites excluding steroid dienone is 2. The van der Waals surface area contributed by atoms with Gasteiger partial charge in [-0.05, 0) is 23.1 Å². The van der Waals surface area contributed by atoms with E-state index in [9.17, 15) is 9.90 Å². The lowest BCUT2D eigenvalue weighted by Gasteiger charge is -2.37. The summed E-state index contributed by atoms with van der Waals surface area (Å²) in [5, 5.41) is 10.2. The Morgan fingerprint density at radius 1 is 1.30 bits per heavy atom. The number of carbonyl (C=O) groups excluding carboxylic acids is 1. The highest BCUT2D eigenvalue weighted by Gasteiger charge is 2.43. The highest BCUT2D eigenvalue weighted by molar-refractivity contribution is 6.30. The van der Waals surface area contributed by atoms with Crippen molar-refractivity contribution in [3.8, 4) is 17.4 Å². The average Bonchev–Trinajstić information content (AvgIpc) is 2.59. The van der Waals surface area contributed by atoms with Crippen LogP contribution < -0.4 is 9.47 Å². The topological polar surface area (TPSA) is 81.5 Å². The van der Waals surface area contributed by atoms with Gasteiger partial charge in [-0.3, -0.25) is 4.79 Å². The van der Waals surface area contributed by atoms with E-state index in [0.717, 1.165) is 5.56 Å². The van der Waals surface area contributed by atoms with Gasteiger partial charge in [-0.2, -0.15) is 0 Å². The molecule has 140 valence electrons. The molecule has 0 spiro atoms. The van der Waals surface area contributed by atoms with Gasteiger partial charge >= 0.3 is 0 Å². The van der Waals surface area contributed by atoms with Crippen LogP contribution in [0.15, 0.2) is 35.9 Å². The zero-order valence-corrected chi connectivity index (χ0v) is 16.0. The van der Waals surface area contributed by atoms with Crippen LogP contribution in [0.3, 0.4) is 0 Å². The number of rotatable bonds is 2. The van der Waals surface area contributed by atoms with Crippen LogP contribution in [-0.4, -0.2) is 28.0 Å². The second kappa shape index (κ2) is 6.23. The number of phenols is 1. The third kappa shape index (κ3) is 2.94. The number of nitrogens with zero attached hydrogens (tertiary/aromatic N) is 2. The number of halogens is 1. The quantitative estimate of drug-likeness (QED) is 0.785. The van der Waals surface area contributed by atoms with E-state index < -0.39 is 5.92 Å². The molecule has 1 unspecified atom stereocenters. The van der Waals surface area contributed by atoms with Crippen molar-refractivity contribution in [2.75, 3.05) is 7.11 Å². The molecule has 2 aliphatic rings. The van der Waals surface area contributed by atoms with E-state index in [1.54, 1.807) is 18.2 Å². The molecule has 2 aromatic rings. The molecule has 0 bridgehead atoms. The molecule has 4 rings (SSSR count). The summed E-state index contributed by atoms with van der Waals surface area (Å²) in [6, 6.07) is 4.99. The number of carbonyl (C=O) groups is 1. The fourth-order valence-corrected chi connectivity index (χ4v) is 4.08. The number of ether oxygens (including phenoxy) is 2. The minimum atomic E-state index is -0.476. The molecule has 0 saturated heterocycles. The van der Waals surface area contributed by atoms with E-state index in [4.69, 9.17) is 21.1 Å². The van der Waals surface area contributed by atoms with Crippen molar-refractivity contribution in [2.24, 2.45) is 5.41 Å². The van der Waals surface area contributed by atoms with Crippen LogP contribution in [-0.2, 0) is 4.79 Å². The fourth-order valence-electron chi connectivity index (χ4n) is 3.84. The van der Waals surface area contributed by atoms with E-state index in [2.05, 4.69) is 9.97 Å². The van der Waals surface area contributed by atoms with Crippen molar-refractivity contribution in [2.45, 2.75) is 32.6 Å². The fraction of sp³-hybridized carbons (Fsp3) is 0.350. The monoisotopic (exact) mass is 386 g/mol. The molecule has 2 heterocycles. The summed E-state index contributed by atoms with van der Waals surface area (Å²) in [5.74, 6) is 0.861. The van der Waals surface area contributed by atoms with Crippen LogP contribution >= 0.6 is 11.6 Å². The summed E-state index contributed by atoms with van der Waals surface area (Å²) in [7, 11) is 1.48. The maximum Gasteiger partial charge on any atom is 0.227 e. The molecule has 1 aliphatic carbocycles. The van der Waals surface area contributed by atoms with Crippen LogP contribution in [0.5, 0.6) is 17.4 Å². The van der Waals surface area contributed by atoms with Crippen LogP contribution in [0.2, 0.25) is 5.15 Å². The first-order chi connectivity index (χ1) is 12.8. The first-order valence-corrected chi connectivity index (χ1v) is 9.00. The number of phenolic OH excluding ortho intramolecular Hbond substituents is 1. The van der Waals surface area contributed by atoms with Gasteiger partial charge in [-0.15, -0.1) is 0 Å². The van der Waals surface area contributed by atoms with Crippen molar-refractivity contribution in [1.82, 2.24) is 9.97 Å². The van der Waals surface area contributed by atoms with E-state index in [1.807, 2.05) is 13.8 Å².